The summed E-state index contributed by atoms with van der Waals surface area (Å²) < 4.78 is 0. The van der Waals surface area contributed by atoms with Crippen molar-refractivity contribution in [1.29, 1.82) is 0 Å². The number of amides is 1. The number of hydrogen-bond donors (Lipinski definition) is 1. The minimum atomic E-state index is -0.342. The average Bonchev–Trinajstić information content (AvgIpc) is 3.20. The van der Waals surface area contributed by atoms with Gasteiger partial charge in [0.1, 0.15) is 4.83 Å². The van der Waals surface area contributed by atoms with Crippen LogP contribution >= 0.6 is 11.3 Å². The molecule has 1 unspecified atom stereocenters. The molecule has 2 aromatic heterocycles. The molecule has 4 nitrogen and oxygen atoms in total. The molecular weight excluding hydrogens is 318 g/mol. The molecule has 1 amide bonds. The molecule has 0 spiro atoms. The lowest BCUT2D eigenvalue weighted by atomic mass is 9.94. The number of para-hydroxylation sites is 1. The van der Waals surface area contributed by atoms with Crippen LogP contribution in [0.5, 0.6) is 0 Å². The van der Waals surface area contributed by atoms with Crippen LogP contribution in [-0.4, -0.2) is 24.0 Å². The molecule has 0 bridgehead atoms. The fraction of sp³-hybridized carbons (Fsp3) is 0.263. The van der Waals surface area contributed by atoms with Crippen LogP contribution in [0.15, 0.2) is 42.6 Å². The Hall–Kier alpha value is -2.40. The largest absolute Gasteiger partial charge is 0.371 e. The van der Waals surface area contributed by atoms with Gasteiger partial charge in [-0.05, 0) is 42.7 Å². The van der Waals surface area contributed by atoms with E-state index in [0.29, 0.717) is 10.8 Å². The van der Waals surface area contributed by atoms with Gasteiger partial charge in [-0.15, -0.1) is 11.3 Å². The summed E-state index contributed by atoms with van der Waals surface area (Å²) in [5.74, 6) is -0.0325. The number of rotatable bonds is 3. The van der Waals surface area contributed by atoms with Gasteiger partial charge in [-0.1, -0.05) is 18.2 Å². The van der Waals surface area contributed by atoms with Crippen LogP contribution in [0.1, 0.15) is 33.1 Å². The molecule has 24 heavy (non-hydrogen) atoms. The highest BCUT2D eigenvalue weighted by Gasteiger charge is 2.31. The molecule has 1 aliphatic rings. The summed E-state index contributed by atoms with van der Waals surface area (Å²) in [6, 6.07) is 12.4. The minimum absolute atomic E-state index is 0.310. The molecule has 5 heteroatoms. The number of thiophene rings is 1. The third-order valence-electron chi connectivity index (χ3n) is 4.78. The van der Waals surface area contributed by atoms with Gasteiger partial charge in [0, 0.05) is 36.3 Å². The summed E-state index contributed by atoms with van der Waals surface area (Å²) >= 11 is 1.43. The van der Waals surface area contributed by atoms with Crippen molar-refractivity contribution in [2.75, 3.05) is 18.0 Å². The Labute approximate surface area is 144 Å². The topological polar surface area (TPSA) is 59.2 Å². The molecule has 1 atom stereocenters. The molecule has 0 aliphatic carbocycles. The number of benzene rings is 1. The number of fused-ring (bicyclic) bond motifs is 1. The summed E-state index contributed by atoms with van der Waals surface area (Å²) in [4.78, 5) is 20.4. The molecule has 1 saturated heterocycles. The Morgan fingerprint density at radius 1 is 1.29 bits per heavy atom. The Kier molecular flexibility index (Phi) is 3.73. The number of hydrogen-bond acceptors (Lipinski definition) is 4. The van der Waals surface area contributed by atoms with Crippen LogP contribution in [0.3, 0.4) is 0 Å². The van der Waals surface area contributed by atoms with Gasteiger partial charge < -0.3 is 10.6 Å². The summed E-state index contributed by atoms with van der Waals surface area (Å²) in [5.41, 5.74) is 9.17. The van der Waals surface area contributed by atoms with Crippen LogP contribution in [0.2, 0.25) is 0 Å². The van der Waals surface area contributed by atoms with Gasteiger partial charge in [0.25, 0.3) is 5.91 Å². The molecule has 3 aromatic rings. The van der Waals surface area contributed by atoms with Crippen LogP contribution < -0.4 is 10.6 Å². The van der Waals surface area contributed by atoms with Gasteiger partial charge >= 0.3 is 0 Å². The lowest BCUT2D eigenvalue weighted by Gasteiger charge is -2.19. The van der Waals surface area contributed by atoms with E-state index in [9.17, 15) is 4.79 Å². The van der Waals surface area contributed by atoms with Crippen molar-refractivity contribution in [3.63, 3.8) is 0 Å². The Bertz CT molecular complexity index is 904. The second-order valence-electron chi connectivity index (χ2n) is 6.28. The number of carbonyl (C=O) groups is 1. The van der Waals surface area contributed by atoms with Crippen LogP contribution in [0, 0.1) is 6.92 Å². The summed E-state index contributed by atoms with van der Waals surface area (Å²) in [7, 11) is 0. The van der Waals surface area contributed by atoms with E-state index >= 15 is 0 Å². The summed E-state index contributed by atoms with van der Waals surface area (Å²) in [6.07, 6.45) is 2.82. The number of nitrogens with two attached hydrogens (primary N) is 1. The predicted octanol–water partition coefficient (Wildman–Crippen LogP) is 3.70. The maximum atomic E-state index is 12.0. The maximum Gasteiger partial charge on any atom is 0.259 e. The first kappa shape index (κ1) is 15.1. The minimum Gasteiger partial charge on any atom is -0.371 e. The first-order valence-electron chi connectivity index (χ1n) is 8.13. The Morgan fingerprint density at radius 2 is 2.08 bits per heavy atom. The molecule has 3 heterocycles. The van der Waals surface area contributed by atoms with Gasteiger partial charge in [0.05, 0.1) is 4.88 Å². The first-order chi connectivity index (χ1) is 11.6. The lowest BCUT2D eigenvalue weighted by molar-refractivity contribution is 0.100. The fourth-order valence-electron chi connectivity index (χ4n) is 3.65. The van der Waals surface area contributed by atoms with E-state index in [2.05, 4.69) is 41.1 Å². The van der Waals surface area contributed by atoms with E-state index in [1.165, 1.54) is 17.0 Å². The standard InChI is InChI=1S/C19H19N3OS/c1-12-7-9-21-19-15(12)16(17(24-19)18(20)23)13-8-10-22(11-13)14-5-3-2-4-6-14/h2-7,9,13H,8,10-11H2,1H3,(H2,20,23). The molecule has 1 aromatic carbocycles. The molecule has 1 fully saturated rings. The smallest absolute Gasteiger partial charge is 0.259 e. The van der Waals surface area contributed by atoms with Gasteiger partial charge in [-0.3, -0.25) is 4.79 Å². The molecule has 122 valence electrons. The van der Waals surface area contributed by atoms with Gasteiger partial charge in [-0.25, -0.2) is 4.98 Å². The molecule has 0 saturated carbocycles. The van der Waals surface area contributed by atoms with Crippen molar-refractivity contribution in [2.24, 2.45) is 5.73 Å². The Morgan fingerprint density at radius 3 is 2.83 bits per heavy atom. The summed E-state index contributed by atoms with van der Waals surface area (Å²) in [5, 5.41) is 1.12. The molecule has 1 aliphatic heterocycles. The first-order valence-corrected chi connectivity index (χ1v) is 8.94. The quantitative estimate of drug-likeness (QED) is 0.793. The molecule has 0 radical (unpaired) electrons. The van der Waals surface area contributed by atoms with E-state index in [1.807, 2.05) is 12.1 Å². The number of nitrogens with zero attached hydrogens (tertiary/aromatic N) is 2. The van der Waals surface area contributed by atoms with E-state index in [-0.39, 0.29) is 5.91 Å². The summed E-state index contributed by atoms with van der Waals surface area (Å²) in [6.45, 7) is 3.98. The van der Waals surface area contributed by atoms with Crippen molar-refractivity contribution in [3.05, 3.63) is 58.6 Å². The van der Waals surface area contributed by atoms with Gasteiger partial charge in [0.2, 0.25) is 0 Å². The number of anilines is 1. The van der Waals surface area contributed by atoms with Crippen LogP contribution in [0.4, 0.5) is 5.69 Å². The molecule has 2 N–H and O–H groups in total. The zero-order valence-corrected chi connectivity index (χ0v) is 14.3. The van der Waals surface area contributed by atoms with Gasteiger partial charge in [-0.2, -0.15) is 0 Å². The Balaban J connectivity index is 1.77. The third-order valence-corrected chi connectivity index (χ3v) is 5.91. The number of carbonyl (C=O) groups excluding carboxylic acids is 1. The number of pyridine rings is 1. The highest BCUT2D eigenvalue weighted by atomic mass is 32.1. The van der Waals surface area contributed by atoms with Crippen molar-refractivity contribution in [2.45, 2.75) is 19.3 Å². The SMILES string of the molecule is Cc1ccnc2sc(C(N)=O)c(C3CCN(c4ccccc4)C3)c12. The second kappa shape index (κ2) is 5.91. The average molecular weight is 337 g/mol. The number of aryl methyl sites for hydroxylation is 1. The van der Waals surface area contributed by atoms with Crippen molar-refractivity contribution in [1.82, 2.24) is 4.98 Å². The lowest BCUT2D eigenvalue weighted by Crippen LogP contribution is -2.20. The number of aromatic nitrogens is 1. The van der Waals surface area contributed by atoms with E-state index < -0.39 is 0 Å². The fourth-order valence-corrected chi connectivity index (χ4v) is 4.80. The maximum absolute atomic E-state index is 12.0. The highest BCUT2D eigenvalue weighted by molar-refractivity contribution is 7.20. The molecule has 4 rings (SSSR count). The zero-order valence-electron chi connectivity index (χ0n) is 13.5. The van der Waals surface area contributed by atoms with E-state index in [0.717, 1.165) is 40.9 Å². The van der Waals surface area contributed by atoms with Crippen molar-refractivity contribution in [3.8, 4) is 0 Å². The monoisotopic (exact) mass is 337 g/mol. The molecular formula is C19H19N3OS. The second-order valence-corrected chi connectivity index (χ2v) is 7.28. The normalized spacial score (nSPS) is 17.5. The van der Waals surface area contributed by atoms with E-state index in [1.54, 1.807) is 6.20 Å². The highest BCUT2D eigenvalue weighted by Crippen LogP contribution is 2.41. The number of primary amides is 1. The van der Waals surface area contributed by atoms with Crippen LogP contribution in [-0.2, 0) is 0 Å². The van der Waals surface area contributed by atoms with Crippen LogP contribution in [0.25, 0.3) is 10.2 Å². The zero-order chi connectivity index (χ0) is 16.7. The van der Waals surface area contributed by atoms with E-state index in [4.69, 9.17) is 5.73 Å². The third kappa shape index (κ3) is 2.45. The predicted molar refractivity (Wildman–Crippen MR) is 98.9 cm³/mol. The van der Waals surface area contributed by atoms with Crippen molar-refractivity contribution >= 4 is 33.1 Å². The van der Waals surface area contributed by atoms with Crippen molar-refractivity contribution < 1.29 is 4.79 Å². The van der Waals surface area contributed by atoms with Gasteiger partial charge in [0.15, 0.2) is 0 Å².